The van der Waals surface area contributed by atoms with Gasteiger partial charge in [-0.15, -0.1) is 0 Å². The molecule has 2 amide bonds. The van der Waals surface area contributed by atoms with Crippen LogP contribution in [0.1, 0.15) is 23.6 Å². The number of rotatable bonds is 6. The lowest BCUT2D eigenvalue weighted by atomic mass is 10.0. The Morgan fingerprint density at radius 2 is 1.50 bits per heavy atom. The van der Waals surface area contributed by atoms with E-state index in [1.807, 2.05) is 63.2 Å². The average molecular weight is 447 g/mol. The van der Waals surface area contributed by atoms with Gasteiger partial charge in [0.15, 0.2) is 0 Å². The van der Waals surface area contributed by atoms with E-state index >= 15 is 0 Å². The van der Waals surface area contributed by atoms with E-state index in [1.54, 1.807) is 24.3 Å². The van der Waals surface area contributed by atoms with Crippen molar-refractivity contribution >= 4 is 40.4 Å². The van der Waals surface area contributed by atoms with Crippen LogP contribution in [0.5, 0.6) is 5.75 Å². The molecule has 0 radical (unpaired) electrons. The van der Waals surface area contributed by atoms with Gasteiger partial charge >= 0.3 is 0 Å². The van der Waals surface area contributed by atoms with Crippen molar-refractivity contribution in [2.45, 2.75) is 20.8 Å². The van der Waals surface area contributed by atoms with E-state index in [4.69, 9.17) is 16.3 Å². The normalized spacial score (nSPS) is 13.7. The topological polar surface area (TPSA) is 58.6 Å². The summed E-state index contributed by atoms with van der Waals surface area (Å²) in [7, 11) is 0. The number of nitrogens with one attached hydrogen (secondary N) is 1. The quantitative estimate of drug-likeness (QED) is 0.489. The predicted octanol–water partition coefficient (Wildman–Crippen LogP) is 5.75. The number of ether oxygens (including phenoxy) is 1. The molecule has 0 spiro atoms. The van der Waals surface area contributed by atoms with Gasteiger partial charge in [-0.25, -0.2) is 4.90 Å². The Kier molecular flexibility index (Phi) is 6.01. The van der Waals surface area contributed by atoms with E-state index in [-0.39, 0.29) is 11.6 Å². The fourth-order valence-corrected chi connectivity index (χ4v) is 3.92. The second kappa shape index (κ2) is 8.89. The third-order valence-corrected chi connectivity index (χ3v) is 5.37. The summed E-state index contributed by atoms with van der Waals surface area (Å²) < 4.78 is 5.49. The maximum atomic E-state index is 13.5. The van der Waals surface area contributed by atoms with Crippen molar-refractivity contribution in [1.82, 2.24) is 0 Å². The molecule has 0 saturated carbocycles. The lowest BCUT2D eigenvalue weighted by molar-refractivity contribution is -0.120. The summed E-state index contributed by atoms with van der Waals surface area (Å²) in [6, 6.07) is 19.8. The number of imide groups is 1. The number of halogens is 1. The number of hydrogen-bond donors (Lipinski definition) is 1. The molecule has 0 atom stereocenters. The lowest BCUT2D eigenvalue weighted by Crippen LogP contribution is -2.32. The molecule has 1 aliphatic rings. The molecule has 0 bridgehead atoms. The number of amides is 2. The van der Waals surface area contributed by atoms with Crippen LogP contribution in [0.2, 0.25) is 5.02 Å². The first-order chi connectivity index (χ1) is 15.4. The SMILES string of the molecule is CCOc1ccc(NC2=C(c3ccc(Cl)cc3)C(=O)N(c3cc(C)cc(C)c3)C2=O)cc1. The molecule has 0 saturated heterocycles. The van der Waals surface area contributed by atoms with E-state index in [0.29, 0.717) is 34.1 Å². The number of hydrogen-bond acceptors (Lipinski definition) is 4. The number of carbonyl (C=O) groups is 2. The van der Waals surface area contributed by atoms with Crippen LogP contribution in [-0.2, 0) is 9.59 Å². The number of aryl methyl sites for hydroxylation is 2. The van der Waals surface area contributed by atoms with Gasteiger partial charge < -0.3 is 10.1 Å². The molecular formula is C26H23ClN2O3. The fraction of sp³-hybridized carbons (Fsp3) is 0.154. The first kappa shape index (κ1) is 21.7. The van der Waals surface area contributed by atoms with Crippen molar-refractivity contribution in [3.8, 4) is 5.75 Å². The first-order valence-electron chi connectivity index (χ1n) is 10.3. The fourth-order valence-electron chi connectivity index (χ4n) is 3.79. The molecule has 4 rings (SSSR count). The number of benzene rings is 3. The highest BCUT2D eigenvalue weighted by Crippen LogP contribution is 2.35. The zero-order valence-corrected chi connectivity index (χ0v) is 18.9. The molecule has 6 heteroatoms. The average Bonchev–Trinajstić information content (AvgIpc) is 2.99. The minimum atomic E-state index is -0.404. The van der Waals surface area contributed by atoms with Crippen LogP contribution in [0.25, 0.3) is 5.57 Å². The van der Waals surface area contributed by atoms with E-state index < -0.39 is 5.91 Å². The lowest BCUT2D eigenvalue weighted by Gasteiger charge is -2.17. The molecule has 0 fully saturated rings. The van der Waals surface area contributed by atoms with Crippen LogP contribution in [0.3, 0.4) is 0 Å². The van der Waals surface area contributed by atoms with Crippen molar-refractivity contribution < 1.29 is 14.3 Å². The Morgan fingerprint density at radius 1 is 0.875 bits per heavy atom. The van der Waals surface area contributed by atoms with Crippen molar-refractivity contribution in [2.24, 2.45) is 0 Å². The van der Waals surface area contributed by atoms with Crippen molar-refractivity contribution in [1.29, 1.82) is 0 Å². The maximum absolute atomic E-state index is 13.5. The van der Waals surface area contributed by atoms with E-state index in [0.717, 1.165) is 16.9 Å². The Morgan fingerprint density at radius 3 is 2.09 bits per heavy atom. The van der Waals surface area contributed by atoms with Gasteiger partial charge in [0.25, 0.3) is 11.8 Å². The van der Waals surface area contributed by atoms with E-state index in [9.17, 15) is 9.59 Å². The summed E-state index contributed by atoms with van der Waals surface area (Å²) in [5, 5.41) is 3.72. The predicted molar refractivity (Wildman–Crippen MR) is 128 cm³/mol. The summed E-state index contributed by atoms with van der Waals surface area (Å²) in [5.74, 6) is -0.0507. The third kappa shape index (κ3) is 4.25. The van der Waals surface area contributed by atoms with Crippen LogP contribution in [0.4, 0.5) is 11.4 Å². The minimum absolute atomic E-state index is 0.223. The second-order valence-corrected chi connectivity index (χ2v) is 8.07. The molecule has 1 heterocycles. The van der Waals surface area contributed by atoms with Crippen LogP contribution in [-0.4, -0.2) is 18.4 Å². The summed E-state index contributed by atoms with van der Waals surface area (Å²) >= 11 is 6.04. The van der Waals surface area contributed by atoms with E-state index in [1.165, 1.54) is 4.90 Å². The molecule has 162 valence electrons. The van der Waals surface area contributed by atoms with Crippen LogP contribution < -0.4 is 15.0 Å². The molecule has 1 N–H and O–H groups in total. The Balaban J connectivity index is 1.78. The van der Waals surface area contributed by atoms with Crippen molar-refractivity contribution in [3.63, 3.8) is 0 Å². The number of carbonyl (C=O) groups excluding carboxylic acids is 2. The Hall–Kier alpha value is -3.57. The highest BCUT2D eigenvalue weighted by molar-refractivity contribution is 6.46. The molecule has 0 aromatic heterocycles. The monoisotopic (exact) mass is 446 g/mol. The van der Waals surface area contributed by atoms with Crippen LogP contribution >= 0.6 is 11.6 Å². The van der Waals surface area contributed by atoms with Gasteiger partial charge in [0, 0.05) is 10.7 Å². The molecule has 1 aliphatic heterocycles. The maximum Gasteiger partial charge on any atom is 0.282 e. The van der Waals surface area contributed by atoms with Gasteiger partial charge in [-0.1, -0.05) is 29.8 Å². The van der Waals surface area contributed by atoms with Crippen LogP contribution in [0, 0.1) is 13.8 Å². The minimum Gasteiger partial charge on any atom is -0.494 e. The summed E-state index contributed by atoms with van der Waals surface area (Å²) in [6.45, 7) is 6.36. The summed E-state index contributed by atoms with van der Waals surface area (Å²) in [4.78, 5) is 28.2. The van der Waals surface area contributed by atoms with Gasteiger partial charge in [0.05, 0.1) is 17.9 Å². The first-order valence-corrected chi connectivity index (χ1v) is 10.7. The Labute approximate surface area is 192 Å². The van der Waals surface area contributed by atoms with Crippen molar-refractivity contribution in [2.75, 3.05) is 16.8 Å². The zero-order valence-electron chi connectivity index (χ0n) is 18.1. The number of anilines is 2. The smallest absolute Gasteiger partial charge is 0.282 e. The molecule has 0 unspecified atom stereocenters. The van der Waals surface area contributed by atoms with Gasteiger partial charge in [-0.05, 0) is 86.0 Å². The molecular weight excluding hydrogens is 424 g/mol. The third-order valence-electron chi connectivity index (χ3n) is 5.12. The molecule has 5 nitrogen and oxygen atoms in total. The van der Waals surface area contributed by atoms with E-state index in [2.05, 4.69) is 5.32 Å². The summed E-state index contributed by atoms with van der Waals surface area (Å²) in [6.07, 6.45) is 0. The van der Waals surface area contributed by atoms with Gasteiger partial charge in [0.1, 0.15) is 11.4 Å². The largest absolute Gasteiger partial charge is 0.494 e. The molecule has 3 aromatic carbocycles. The Bertz CT molecular complexity index is 1190. The molecule has 0 aliphatic carbocycles. The van der Waals surface area contributed by atoms with Crippen molar-refractivity contribution in [3.05, 3.63) is 94.1 Å². The van der Waals surface area contributed by atoms with Gasteiger partial charge in [-0.2, -0.15) is 0 Å². The summed E-state index contributed by atoms with van der Waals surface area (Å²) in [5.41, 5.74) is 4.32. The zero-order chi connectivity index (χ0) is 22.8. The highest BCUT2D eigenvalue weighted by Gasteiger charge is 2.40. The molecule has 3 aromatic rings. The van der Waals surface area contributed by atoms with Gasteiger partial charge in [-0.3, -0.25) is 9.59 Å². The van der Waals surface area contributed by atoms with Gasteiger partial charge in [0.2, 0.25) is 0 Å². The molecule has 32 heavy (non-hydrogen) atoms. The highest BCUT2D eigenvalue weighted by atomic mass is 35.5. The second-order valence-electron chi connectivity index (χ2n) is 7.63. The number of nitrogens with zero attached hydrogens (tertiary/aromatic N) is 1. The standard InChI is InChI=1S/C26H23ClN2O3/c1-4-32-22-11-9-20(10-12-22)28-24-23(18-5-7-19(27)8-6-18)25(30)29(26(24)31)21-14-16(2)13-17(3)15-21/h5-15,28H,4H2,1-3H3. The van der Waals surface area contributed by atoms with Crippen LogP contribution in [0.15, 0.2) is 72.4 Å².